The van der Waals surface area contributed by atoms with E-state index in [2.05, 4.69) is 5.10 Å². The maximum absolute atomic E-state index is 12.1. The molecular weight excluding hydrogens is 268 g/mol. The number of esters is 1. The van der Waals surface area contributed by atoms with Gasteiger partial charge >= 0.3 is 5.97 Å². The molecule has 0 aliphatic carbocycles. The van der Waals surface area contributed by atoms with Gasteiger partial charge in [-0.05, 0) is 25.0 Å². The number of rotatable bonds is 5. The monoisotopic (exact) mass is 288 g/mol. The van der Waals surface area contributed by atoms with E-state index in [1.54, 1.807) is 24.9 Å². The van der Waals surface area contributed by atoms with E-state index in [1.807, 2.05) is 38.1 Å². The van der Waals surface area contributed by atoms with Crippen molar-refractivity contribution in [3.8, 4) is 11.4 Å². The molecule has 0 amide bonds. The highest BCUT2D eigenvalue weighted by Crippen LogP contribution is 2.28. The van der Waals surface area contributed by atoms with Crippen LogP contribution in [0, 0.1) is 0 Å². The Hall–Kier alpha value is -2.30. The average Bonchev–Trinajstić information content (AvgIpc) is 2.92. The van der Waals surface area contributed by atoms with Crippen LogP contribution in [-0.2, 0) is 4.74 Å². The highest BCUT2D eigenvalue weighted by molar-refractivity contribution is 5.90. The molecule has 5 heteroatoms. The van der Waals surface area contributed by atoms with Crippen molar-refractivity contribution in [2.45, 2.75) is 26.7 Å². The van der Waals surface area contributed by atoms with Gasteiger partial charge in [-0.1, -0.05) is 26.0 Å². The smallest absolute Gasteiger partial charge is 0.341 e. The lowest BCUT2D eigenvalue weighted by Gasteiger charge is -2.14. The van der Waals surface area contributed by atoms with Crippen molar-refractivity contribution in [3.63, 3.8) is 0 Å². The molecule has 1 aromatic carbocycles. The van der Waals surface area contributed by atoms with Gasteiger partial charge in [0.1, 0.15) is 17.0 Å². The van der Waals surface area contributed by atoms with Crippen molar-refractivity contribution in [3.05, 3.63) is 41.7 Å². The van der Waals surface area contributed by atoms with Crippen LogP contribution >= 0.6 is 0 Å². The second-order valence-corrected chi connectivity index (χ2v) is 4.90. The molecule has 0 bridgehead atoms. The molecule has 21 heavy (non-hydrogen) atoms. The number of carbonyl (C=O) groups is 1. The molecule has 2 aromatic rings. The predicted octanol–water partition coefficient (Wildman–Crippen LogP) is 3.18. The number of aromatic nitrogens is 2. The fourth-order valence-corrected chi connectivity index (χ4v) is 2.28. The summed E-state index contributed by atoms with van der Waals surface area (Å²) in [6, 6.07) is 7.58. The third-order valence-corrected chi connectivity index (χ3v) is 3.16. The van der Waals surface area contributed by atoms with Gasteiger partial charge in [-0.3, -0.25) is 0 Å². The lowest BCUT2D eigenvalue weighted by atomic mass is 10.1. The van der Waals surface area contributed by atoms with Crippen molar-refractivity contribution in [2.24, 2.45) is 0 Å². The second kappa shape index (κ2) is 6.43. The fraction of sp³-hybridized carbons (Fsp3) is 0.375. The first-order valence-electron chi connectivity index (χ1n) is 6.98. The van der Waals surface area contributed by atoms with Gasteiger partial charge in [0, 0.05) is 0 Å². The summed E-state index contributed by atoms with van der Waals surface area (Å²) in [4.78, 5) is 12.1. The SMILES string of the molecule is CCOC(=O)c1cnn(-c2ccccc2OC)c1C(C)C. The first-order valence-corrected chi connectivity index (χ1v) is 6.98. The van der Waals surface area contributed by atoms with Crippen LogP contribution in [-0.4, -0.2) is 29.5 Å². The number of methoxy groups -OCH3 is 1. The van der Waals surface area contributed by atoms with Crippen LogP contribution in [0.1, 0.15) is 42.7 Å². The highest BCUT2D eigenvalue weighted by Gasteiger charge is 2.22. The molecular formula is C16H20N2O3. The van der Waals surface area contributed by atoms with E-state index in [0.29, 0.717) is 17.9 Å². The second-order valence-electron chi connectivity index (χ2n) is 4.90. The molecule has 0 fully saturated rings. The molecule has 0 saturated carbocycles. The van der Waals surface area contributed by atoms with Crippen molar-refractivity contribution >= 4 is 5.97 Å². The minimum atomic E-state index is -0.345. The Balaban J connectivity index is 2.57. The number of benzene rings is 1. The van der Waals surface area contributed by atoms with E-state index in [1.165, 1.54) is 0 Å². The van der Waals surface area contributed by atoms with E-state index < -0.39 is 0 Å². The molecule has 0 aliphatic heterocycles. The Labute approximate surface area is 124 Å². The van der Waals surface area contributed by atoms with Gasteiger partial charge in [-0.25, -0.2) is 9.48 Å². The molecule has 0 aliphatic rings. The van der Waals surface area contributed by atoms with Gasteiger partial charge in [0.15, 0.2) is 0 Å². The number of hydrogen-bond donors (Lipinski definition) is 0. The van der Waals surface area contributed by atoms with Crippen molar-refractivity contribution < 1.29 is 14.3 Å². The van der Waals surface area contributed by atoms with Gasteiger partial charge in [0.2, 0.25) is 0 Å². The highest BCUT2D eigenvalue weighted by atomic mass is 16.5. The summed E-state index contributed by atoms with van der Waals surface area (Å²) >= 11 is 0. The molecule has 1 aromatic heterocycles. The summed E-state index contributed by atoms with van der Waals surface area (Å²) in [6.07, 6.45) is 1.56. The summed E-state index contributed by atoms with van der Waals surface area (Å²) < 4.78 is 12.2. The molecule has 0 N–H and O–H groups in total. The summed E-state index contributed by atoms with van der Waals surface area (Å²) in [5.41, 5.74) is 2.12. The van der Waals surface area contributed by atoms with Crippen LogP contribution in [0.15, 0.2) is 30.5 Å². The van der Waals surface area contributed by atoms with Crippen molar-refractivity contribution in [1.82, 2.24) is 9.78 Å². The van der Waals surface area contributed by atoms with E-state index in [9.17, 15) is 4.79 Å². The number of hydrogen-bond acceptors (Lipinski definition) is 4. The van der Waals surface area contributed by atoms with E-state index >= 15 is 0 Å². The Morgan fingerprint density at radius 2 is 2.05 bits per heavy atom. The zero-order valence-electron chi connectivity index (χ0n) is 12.8. The van der Waals surface area contributed by atoms with Crippen LogP contribution in [0.3, 0.4) is 0 Å². The molecule has 0 saturated heterocycles. The number of nitrogens with zero attached hydrogens (tertiary/aromatic N) is 2. The first-order chi connectivity index (χ1) is 10.1. The van der Waals surface area contributed by atoms with Crippen molar-refractivity contribution in [1.29, 1.82) is 0 Å². The number of carbonyl (C=O) groups excluding carboxylic acids is 1. The van der Waals surface area contributed by atoms with Gasteiger partial charge in [-0.15, -0.1) is 0 Å². The maximum Gasteiger partial charge on any atom is 0.341 e. The van der Waals surface area contributed by atoms with Gasteiger partial charge in [-0.2, -0.15) is 5.10 Å². The fourth-order valence-electron chi connectivity index (χ4n) is 2.28. The third kappa shape index (κ3) is 2.91. The van der Waals surface area contributed by atoms with E-state index in [-0.39, 0.29) is 11.9 Å². The molecule has 0 radical (unpaired) electrons. The van der Waals surface area contributed by atoms with Crippen LogP contribution < -0.4 is 4.74 Å². The molecule has 0 atom stereocenters. The quantitative estimate of drug-likeness (QED) is 0.793. The normalized spacial score (nSPS) is 10.7. The minimum Gasteiger partial charge on any atom is -0.494 e. The van der Waals surface area contributed by atoms with Gasteiger partial charge in [0.25, 0.3) is 0 Å². The Morgan fingerprint density at radius 3 is 2.67 bits per heavy atom. The lowest BCUT2D eigenvalue weighted by molar-refractivity contribution is 0.0524. The third-order valence-electron chi connectivity index (χ3n) is 3.16. The molecule has 0 spiro atoms. The molecule has 112 valence electrons. The Kier molecular flexibility index (Phi) is 4.62. The van der Waals surface area contributed by atoms with Crippen LogP contribution in [0.5, 0.6) is 5.75 Å². The van der Waals surface area contributed by atoms with Crippen LogP contribution in [0.25, 0.3) is 5.69 Å². The van der Waals surface area contributed by atoms with Gasteiger partial charge < -0.3 is 9.47 Å². The Morgan fingerprint density at radius 1 is 1.33 bits per heavy atom. The standard InChI is InChI=1S/C16H20N2O3/c1-5-21-16(19)12-10-17-18(15(12)11(2)3)13-8-6-7-9-14(13)20-4/h6-11H,5H2,1-4H3. The molecule has 5 nitrogen and oxygen atoms in total. The topological polar surface area (TPSA) is 53.3 Å². The van der Waals surface area contributed by atoms with Gasteiger partial charge in [0.05, 0.1) is 25.6 Å². The molecule has 0 unspecified atom stereocenters. The van der Waals surface area contributed by atoms with E-state index in [4.69, 9.17) is 9.47 Å². The predicted molar refractivity (Wildman–Crippen MR) is 80.2 cm³/mol. The summed E-state index contributed by atoms with van der Waals surface area (Å²) in [6.45, 7) is 6.17. The number of para-hydroxylation sites is 2. The maximum atomic E-state index is 12.1. The number of ether oxygens (including phenoxy) is 2. The summed E-state index contributed by atoms with van der Waals surface area (Å²) in [5.74, 6) is 0.483. The largest absolute Gasteiger partial charge is 0.494 e. The first kappa shape index (κ1) is 15.1. The minimum absolute atomic E-state index is 0.122. The summed E-state index contributed by atoms with van der Waals surface area (Å²) in [5, 5.41) is 4.36. The average molecular weight is 288 g/mol. The summed E-state index contributed by atoms with van der Waals surface area (Å²) in [7, 11) is 1.61. The van der Waals surface area contributed by atoms with E-state index in [0.717, 1.165) is 11.4 Å². The van der Waals surface area contributed by atoms with Crippen molar-refractivity contribution in [2.75, 3.05) is 13.7 Å². The molecule has 1 heterocycles. The lowest BCUT2D eigenvalue weighted by Crippen LogP contribution is -2.11. The zero-order valence-corrected chi connectivity index (χ0v) is 12.8. The zero-order chi connectivity index (χ0) is 15.4. The molecule has 2 rings (SSSR count). The van der Waals surface area contributed by atoms with Crippen LogP contribution in [0.2, 0.25) is 0 Å². The van der Waals surface area contributed by atoms with Crippen LogP contribution in [0.4, 0.5) is 0 Å². The Bertz CT molecular complexity index is 632.